The molecule has 0 fully saturated rings. The third-order valence-corrected chi connectivity index (χ3v) is 4.17. The average molecular weight is 424 g/mol. The summed E-state index contributed by atoms with van der Waals surface area (Å²) in [7, 11) is 1.44. The molecular weight excluding hydrogens is 408 g/mol. The lowest BCUT2D eigenvalue weighted by Crippen LogP contribution is -2.29. The summed E-state index contributed by atoms with van der Waals surface area (Å²) in [5.74, 6) is 0.186. The number of methoxy groups -OCH3 is 1. The Morgan fingerprint density at radius 2 is 2.05 bits per heavy atom. The van der Waals surface area contributed by atoms with E-state index in [0.717, 1.165) is 0 Å². The molecule has 6 nitrogen and oxygen atoms in total. The lowest BCUT2D eigenvalue weighted by atomic mass is 10.2. The molecule has 1 amide bonds. The highest BCUT2D eigenvalue weighted by molar-refractivity contribution is 9.13. The number of phenolic OH excluding ortho intramolecular Hbond substituents is 1. The van der Waals surface area contributed by atoms with Crippen molar-refractivity contribution in [2.45, 2.75) is 26.4 Å². The van der Waals surface area contributed by atoms with Gasteiger partial charge in [0, 0.05) is 8.95 Å². The van der Waals surface area contributed by atoms with Gasteiger partial charge in [0.1, 0.15) is 5.60 Å². The molecule has 0 radical (unpaired) electrons. The van der Waals surface area contributed by atoms with Crippen molar-refractivity contribution >= 4 is 44.2 Å². The van der Waals surface area contributed by atoms with E-state index in [9.17, 15) is 9.90 Å². The average Bonchev–Trinajstić information content (AvgIpc) is 2.35. The number of nitrogens with one attached hydrogen (secondary N) is 1. The standard InChI is InChI=1S/C13H16Br2N2O4/c1-13(2,3)21-12(19)17-16-6-7-10(15)8(14)5-9(20-4)11(7)18/h5-6,18H,1-4H3,(H,17,19)/b16-6+. The molecule has 0 aromatic heterocycles. The van der Waals surface area contributed by atoms with E-state index in [4.69, 9.17) is 9.47 Å². The summed E-state index contributed by atoms with van der Waals surface area (Å²) < 4.78 is 11.3. The quantitative estimate of drug-likeness (QED) is 0.572. The molecule has 1 rings (SSSR count). The highest BCUT2D eigenvalue weighted by Crippen LogP contribution is 2.39. The number of phenols is 1. The monoisotopic (exact) mass is 422 g/mol. The molecule has 0 heterocycles. The highest BCUT2D eigenvalue weighted by Gasteiger charge is 2.16. The van der Waals surface area contributed by atoms with E-state index in [1.807, 2.05) is 0 Å². The van der Waals surface area contributed by atoms with E-state index in [0.29, 0.717) is 14.5 Å². The van der Waals surface area contributed by atoms with Crippen LogP contribution in [0, 0.1) is 0 Å². The van der Waals surface area contributed by atoms with Crippen molar-refractivity contribution < 1.29 is 19.4 Å². The van der Waals surface area contributed by atoms with E-state index in [1.165, 1.54) is 13.3 Å². The molecule has 0 aliphatic rings. The Morgan fingerprint density at radius 3 is 2.57 bits per heavy atom. The largest absolute Gasteiger partial charge is 0.504 e. The summed E-state index contributed by atoms with van der Waals surface area (Å²) in [6.07, 6.45) is 0.604. The summed E-state index contributed by atoms with van der Waals surface area (Å²) >= 11 is 6.63. The number of hydrazone groups is 1. The second-order valence-corrected chi connectivity index (χ2v) is 6.66. The molecule has 1 aromatic carbocycles. The first-order chi connectivity index (χ1) is 9.65. The van der Waals surface area contributed by atoms with Gasteiger partial charge in [-0.25, -0.2) is 10.2 Å². The molecule has 0 bridgehead atoms. The van der Waals surface area contributed by atoms with Crippen LogP contribution in [0.25, 0.3) is 0 Å². The molecular formula is C13H16Br2N2O4. The lowest BCUT2D eigenvalue weighted by Gasteiger charge is -2.18. The first-order valence-corrected chi connectivity index (χ1v) is 7.51. The second kappa shape index (κ2) is 7.13. The van der Waals surface area contributed by atoms with Gasteiger partial charge in [0.2, 0.25) is 0 Å². The van der Waals surface area contributed by atoms with Crippen LogP contribution in [0.4, 0.5) is 4.79 Å². The van der Waals surface area contributed by atoms with Crippen LogP contribution >= 0.6 is 31.9 Å². The third-order valence-electron chi connectivity index (χ3n) is 2.16. The summed E-state index contributed by atoms with van der Waals surface area (Å²) in [6.45, 7) is 5.24. The van der Waals surface area contributed by atoms with E-state index in [1.54, 1.807) is 26.8 Å². The maximum absolute atomic E-state index is 11.5. The van der Waals surface area contributed by atoms with Crippen molar-refractivity contribution in [1.29, 1.82) is 0 Å². The number of halogens is 2. The van der Waals surface area contributed by atoms with E-state index < -0.39 is 11.7 Å². The minimum absolute atomic E-state index is 0.0951. The predicted molar refractivity (Wildman–Crippen MR) is 87.0 cm³/mol. The SMILES string of the molecule is COc1cc(Br)c(Br)c(/C=N/NC(=O)OC(C)(C)C)c1O. The van der Waals surface area contributed by atoms with E-state index >= 15 is 0 Å². The zero-order valence-corrected chi connectivity index (χ0v) is 15.2. The Hall–Kier alpha value is -1.28. The van der Waals surface area contributed by atoms with Crippen molar-refractivity contribution in [3.8, 4) is 11.5 Å². The number of benzene rings is 1. The number of ether oxygens (including phenoxy) is 2. The van der Waals surface area contributed by atoms with Crippen molar-refractivity contribution in [2.24, 2.45) is 5.10 Å². The molecule has 0 saturated carbocycles. The molecule has 2 N–H and O–H groups in total. The Bertz CT molecular complexity index is 568. The molecule has 21 heavy (non-hydrogen) atoms. The van der Waals surface area contributed by atoms with Gasteiger partial charge in [0.05, 0.1) is 18.9 Å². The summed E-state index contributed by atoms with van der Waals surface area (Å²) in [4.78, 5) is 11.5. The number of aromatic hydroxyl groups is 1. The first-order valence-electron chi connectivity index (χ1n) is 5.92. The van der Waals surface area contributed by atoms with Gasteiger partial charge in [-0.1, -0.05) is 0 Å². The molecule has 0 atom stereocenters. The molecule has 0 spiro atoms. The van der Waals surface area contributed by atoms with Crippen LogP contribution < -0.4 is 10.2 Å². The van der Waals surface area contributed by atoms with Gasteiger partial charge in [0.25, 0.3) is 0 Å². The number of amides is 1. The number of carbonyl (C=O) groups excluding carboxylic acids is 1. The fraction of sp³-hybridized carbons (Fsp3) is 0.385. The van der Waals surface area contributed by atoms with Gasteiger partial charge < -0.3 is 14.6 Å². The zero-order chi connectivity index (χ0) is 16.2. The second-order valence-electron chi connectivity index (χ2n) is 5.01. The van der Waals surface area contributed by atoms with E-state index in [-0.39, 0.29) is 11.5 Å². The van der Waals surface area contributed by atoms with Crippen molar-refractivity contribution in [3.05, 3.63) is 20.6 Å². The normalized spacial score (nSPS) is 11.5. The Balaban J connectivity index is 2.91. The maximum atomic E-state index is 11.5. The Kier molecular flexibility index (Phi) is 6.03. The van der Waals surface area contributed by atoms with Crippen LogP contribution in [0.1, 0.15) is 26.3 Å². The fourth-order valence-corrected chi connectivity index (χ4v) is 2.16. The van der Waals surface area contributed by atoms with Gasteiger partial charge in [-0.2, -0.15) is 5.10 Å². The smallest absolute Gasteiger partial charge is 0.428 e. The molecule has 0 aliphatic heterocycles. The predicted octanol–water partition coefficient (Wildman–Crippen LogP) is 3.78. The van der Waals surface area contributed by atoms with Crippen molar-refractivity contribution in [2.75, 3.05) is 7.11 Å². The van der Waals surface area contributed by atoms with Crippen molar-refractivity contribution in [1.82, 2.24) is 5.43 Å². The highest BCUT2D eigenvalue weighted by atomic mass is 79.9. The minimum atomic E-state index is -0.684. The van der Waals surface area contributed by atoms with Crippen LogP contribution in [0.3, 0.4) is 0 Å². The number of rotatable bonds is 3. The van der Waals surface area contributed by atoms with Gasteiger partial charge in [-0.05, 0) is 58.7 Å². The van der Waals surface area contributed by atoms with Crippen LogP contribution in [-0.2, 0) is 4.74 Å². The number of nitrogens with zero attached hydrogens (tertiary/aromatic N) is 1. The lowest BCUT2D eigenvalue weighted by molar-refractivity contribution is 0.0529. The summed E-state index contributed by atoms with van der Waals surface area (Å²) in [5, 5.41) is 13.8. The zero-order valence-electron chi connectivity index (χ0n) is 12.0. The summed E-state index contributed by atoms with van der Waals surface area (Å²) in [5.41, 5.74) is 1.97. The number of carbonyl (C=O) groups is 1. The van der Waals surface area contributed by atoms with Crippen LogP contribution in [-0.4, -0.2) is 30.1 Å². The number of hydrogen-bond acceptors (Lipinski definition) is 5. The molecule has 1 aromatic rings. The van der Waals surface area contributed by atoms with Gasteiger partial charge in [0.15, 0.2) is 11.5 Å². The molecule has 0 unspecified atom stereocenters. The summed E-state index contributed by atoms with van der Waals surface area (Å²) in [6, 6.07) is 1.61. The fourth-order valence-electron chi connectivity index (χ4n) is 1.34. The molecule has 0 saturated heterocycles. The van der Waals surface area contributed by atoms with Gasteiger partial charge >= 0.3 is 6.09 Å². The first kappa shape index (κ1) is 17.8. The van der Waals surface area contributed by atoms with Gasteiger partial charge in [-0.3, -0.25) is 0 Å². The van der Waals surface area contributed by atoms with E-state index in [2.05, 4.69) is 42.4 Å². The Morgan fingerprint density at radius 1 is 1.43 bits per heavy atom. The molecule has 0 aliphatic carbocycles. The third kappa shape index (κ3) is 5.20. The number of hydrogen-bond donors (Lipinski definition) is 2. The molecule has 116 valence electrons. The van der Waals surface area contributed by atoms with Crippen LogP contribution in [0.15, 0.2) is 20.1 Å². The Labute approximate surface area is 139 Å². The van der Waals surface area contributed by atoms with Gasteiger partial charge in [-0.15, -0.1) is 0 Å². The van der Waals surface area contributed by atoms with Crippen LogP contribution in [0.5, 0.6) is 11.5 Å². The minimum Gasteiger partial charge on any atom is -0.504 e. The molecule has 8 heteroatoms. The topological polar surface area (TPSA) is 80.2 Å². The van der Waals surface area contributed by atoms with Crippen LogP contribution in [0.2, 0.25) is 0 Å². The maximum Gasteiger partial charge on any atom is 0.428 e. The van der Waals surface area contributed by atoms with Crippen molar-refractivity contribution in [3.63, 3.8) is 0 Å².